The highest BCUT2D eigenvalue weighted by Gasteiger charge is 2.22. The fourth-order valence-corrected chi connectivity index (χ4v) is 4.30. The first-order valence-corrected chi connectivity index (χ1v) is 10.6. The smallest absolute Gasteiger partial charge is 0.348 e. The van der Waals surface area contributed by atoms with Gasteiger partial charge >= 0.3 is 5.97 Å². The topological polar surface area (TPSA) is 108 Å². The Labute approximate surface area is 183 Å². The van der Waals surface area contributed by atoms with Gasteiger partial charge in [0.25, 0.3) is 5.56 Å². The number of aliphatic hydroxyl groups is 1. The monoisotopic (exact) mass is 444 g/mol. The Bertz CT molecular complexity index is 1200. The van der Waals surface area contributed by atoms with Gasteiger partial charge in [-0.3, -0.25) is 14.2 Å². The van der Waals surface area contributed by atoms with Crippen molar-refractivity contribution in [2.24, 2.45) is 0 Å². The molecule has 0 aliphatic rings. The fraction of sp³-hybridized carbons (Fsp3) is 0.364. The lowest BCUT2D eigenvalue weighted by Crippen LogP contribution is -2.32. The number of rotatable bonds is 8. The molecule has 8 nitrogen and oxygen atoms in total. The Morgan fingerprint density at radius 1 is 1.29 bits per heavy atom. The molecule has 0 saturated carbocycles. The van der Waals surface area contributed by atoms with E-state index >= 15 is 0 Å². The van der Waals surface area contributed by atoms with Gasteiger partial charge in [0.2, 0.25) is 0 Å². The third-order valence-electron chi connectivity index (χ3n) is 4.78. The SMILES string of the molecule is CCOC(=O)c1sc2nc(C)n(CC(O)COc3cccc(C(C)=O)c3)c(=O)c2c1C. The normalized spacial score (nSPS) is 12.0. The van der Waals surface area contributed by atoms with Gasteiger partial charge in [0.05, 0.1) is 18.5 Å². The van der Waals surface area contributed by atoms with E-state index in [4.69, 9.17) is 9.47 Å². The van der Waals surface area contributed by atoms with Crippen molar-refractivity contribution >= 4 is 33.3 Å². The lowest BCUT2D eigenvalue weighted by atomic mass is 10.1. The molecular formula is C22H24N2O6S. The van der Waals surface area contributed by atoms with Crippen molar-refractivity contribution in [1.29, 1.82) is 0 Å². The number of hydrogen-bond donors (Lipinski definition) is 1. The molecule has 31 heavy (non-hydrogen) atoms. The first-order chi connectivity index (χ1) is 14.7. The number of aliphatic hydroxyl groups excluding tert-OH is 1. The number of benzene rings is 1. The van der Waals surface area contributed by atoms with Gasteiger partial charge in [0.15, 0.2) is 5.78 Å². The van der Waals surface area contributed by atoms with E-state index in [9.17, 15) is 19.5 Å². The molecule has 0 fully saturated rings. The molecule has 0 spiro atoms. The van der Waals surface area contributed by atoms with Crippen LogP contribution in [0.3, 0.4) is 0 Å². The maximum Gasteiger partial charge on any atom is 0.348 e. The third kappa shape index (κ3) is 4.83. The zero-order valence-electron chi connectivity index (χ0n) is 17.8. The molecule has 2 aromatic heterocycles. The van der Waals surface area contributed by atoms with E-state index in [0.717, 1.165) is 11.3 Å². The lowest BCUT2D eigenvalue weighted by Gasteiger charge is -2.16. The van der Waals surface area contributed by atoms with Crippen LogP contribution in [0.15, 0.2) is 29.1 Å². The van der Waals surface area contributed by atoms with Crippen molar-refractivity contribution in [2.75, 3.05) is 13.2 Å². The molecule has 3 aromatic rings. The van der Waals surface area contributed by atoms with Gasteiger partial charge in [-0.15, -0.1) is 11.3 Å². The number of esters is 1. The number of hydrogen-bond acceptors (Lipinski definition) is 8. The second kappa shape index (κ2) is 9.40. The average molecular weight is 445 g/mol. The molecule has 164 valence electrons. The zero-order valence-corrected chi connectivity index (χ0v) is 18.6. The summed E-state index contributed by atoms with van der Waals surface area (Å²) in [5.74, 6) is 0.317. The van der Waals surface area contributed by atoms with Crippen molar-refractivity contribution in [3.63, 3.8) is 0 Å². The molecule has 3 rings (SSSR count). The van der Waals surface area contributed by atoms with Gasteiger partial charge in [-0.2, -0.15) is 0 Å². The number of aryl methyl sites for hydroxylation is 2. The van der Waals surface area contributed by atoms with Crippen molar-refractivity contribution in [3.8, 4) is 5.75 Å². The Morgan fingerprint density at radius 2 is 2.03 bits per heavy atom. The summed E-state index contributed by atoms with van der Waals surface area (Å²) in [4.78, 5) is 42.0. The second-order valence-electron chi connectivity index (χ2n) is 7.08. The number of ketones is 1. The highest BCUT2D eigenvalue weighted by molar-refractivity contribution is 7.20. The first-order valence-electron chi connectivity index (χ1n) is 9.82. The van der Waals surface area contributed by atoms with Crippen LogP contribution in [0, 0.1) is 13.8 Å². The molecule has 1 atom stereocenters. The fourth-order valence-electron chi connectivity index (χ4n) is 3.19. The summed E-state index contributed by atoms with van der Waals surface area (Å²) in [6, 6.07) is 6.68. The van der Waals surface area contributed by atoms with Crippen molar-refractivity contribution in [2.45, 2.75) is 40.3 Å². The van der Waals surface area contributed by atoms with Crippen LogP contribution in [0.5, 0.6) is 5.75 Å². The summed E-state index contributed by atoms with van der Waals surface area (Å²) in [7, 11) is 0. The molecule has 1 aromatic carbocycles. The maximum atomic E-state index is 13.1. The molecule has 0 aliphatic heterocycles. The number of nitrogens with zero attached hydrogens (tertiary/aromatic N) is 2. The average Bonchev–Trinajstić information content (AvgIpc) is 3.06. The van der Waals surface area contributed by atoms with Gasteiger partial charge in [-0.05, 0) is 45.4 Å². The minimum Gasteiger partial charge on any atom is -0.491 e. The molecule has 0 amide bonds. The molecule has 1 N–H and O–H groups in total. The standard InChI is InChI=1S/C22H24N2O6S/c1-5-29-22(28)19-12(2)18-20(31-19)23-14(4)24(21(18)27)10-16(26)11-30-17-8-6-7-15(9-17)13(3)25/h6-9,16,26H,5,10-11H2,1-4H3. The Kier molecular flexibility index (Phi) is 6.87. The third-order valence-corrected chi connectivity index (χ3v) is 5.94. The van der Waals surface area contributed by atoms with Crippen LogP contribution < -0.4 is 10.3 Å². The van der Waals surface area contributed by atoms with E-state index in [-0.39, 0.29) is 31.1 Å². The van der Waals surface area contributed by atoms with Crippen LogP contribution in [0.1, 0.15) is 45.3 Å². The van der Waals surface area contributed by atoms with Crippen LogP contribution in [0.2, 0.25) is 0 Å². The minimum atomic E-state index is -0.986. The van der Waals surface area contributed by atoms with Crippen LogP contribution in [0.25, 0.3) is 10.2 Å². The van der Waals surface area contributed by atoms with Gasteiger partial charge < -0.3 is 14.6 Å². The van der Waals surface area contributed by atoms with E-state index < -0.39 is 12.1 Å². The number of carbonyl (C=O) groups excluding carboxylic acids is 2. The van der Waals surface area contributed by atoms with E-state index in [1.807, 2.05) is 0 Å². The van der Waals surface area contributed by atoms with Crippen molar-refractivity contribution in [3.05, 3.63) is 56.4 Å². The number of aromatic nitrogens is 2. The molecule has 0 radical (unpaired) electrons. The molecule has 9 heteroatoms. The van der Waals surface area contributed by atoms with E-state index in [0.29, 0.717) is 37.8 Å². The molecule has 0 saturated heterocycles. The lowest BCUT2D eigenvalue weighted by molar-refractivity contribution is 0.0531. The van der Waals surface area contributed by atoms with Crippen LogP contribution in [-0.2, 0) is 11.3 Å². The second-order valence-corrected chi connectivity index (χ2v) is 8.08. The molecule has 0 bridgehead atoms. The quantitative estimate of drug-likeness (QED) is 0.420. The number of thiophene rings is 1. The Hall–Kier alpha value is -3.04. The van der Waals surface area contributed by atoms with Crippen LogP contribution in [-0.4, -0.2) is 45.7 Å². The highest BCUT2D eigenvalue weighted by Crippen LogP contribution is 2.28. The first kappa shape index (κ1) is 22.6. The van der Waals surface area contributed by atoms with E-state index in [1.54, 1.807) is 45.0 Å². The van der Waals surface area contributed by atoms with Gasteiger partial charge in [-0.25, -0.2) is 9.78 Å². The summed E-state index contributed by atoms with van der Waals surface area (Å²) in [6.07, 6.45) is -0.986. The van der Waals surface area contributed by atoms with Gasteiger partial charge in [0, 0.05) is 5.56 Å². The zero-order chi connectivity index (χ0) is 22.7. The number of ether oxygens (including phenoxy) is 2. The van der Waals surface area contributed by atoms with Crippen molar-refractivity contribution in [1.82, 2.24) is 9.55 Å². The number of fused-ring (bicyclic) bond motifs is 1. The summed E-state index contributed by atoms with van der Waals surface area (Å²) in [5, 5.41) is 10.8. The van der Waals surface area contributed by atoms with Crippen LogP contribution in [0.4, 0.5) is 0 Å². The Balaban J connectivity index is 1.81. The van der Waals surface area contributed by atoms with E-state index in [2.05, 4.69) is 4.98 Å². The minimum absolute atomic E-state index is 0.0238. The molecule has 2 heterocycles. The highest BCUT2D eigenvalue weighted by atomic mass is 32.1. The largest absolute Gasteiger partial charge is 0.491 e. The Morgan fingerprint density at radius 3 is 2.71 bits per heavy atom. The number of carbonyl (C=O) groups is 2. The van der Waals surface area contributed by atoms with Crippen LogP contribution >= 0.6 is 11.3 Å². The van der Waals surface area contributed by atoms with E-state index in [1.165, 1.54) is 11.5 Å². The summed E-state index contributed by atoms with van der Waals surface area (Å²) in [5.41, 5.74) is 0.708. The summed E-state index contributed by atoms with van der Waals surface area (Å²) in [6.45, 7) is 6.69. The summed E-state index contributed by atoms with van der Waals surface area (Å²) >= 11 is 1.13. The van der Waals surface area contributed by atoms with Gasteiger partial charge in [0.1, 0.15) is 34.0 Å². The molecule has 1 unspecified atom stereocenters. The maximum absolute atomic E-state index is 13.1. The molecule has 0 aliphatic carbocycles. The van der Waals surface area contributed by atoms with Gasteiger partial charge in [-0.1, -0.05) is 12.1 Å². The predicted molar refractivity (Wildman–Crippen MR) is 117 cm³/mol. The summed E-state index contributed by atoms with van der Waals surface area (Å²) < 4.78 is 12.0. The predicted octanol–water partition coefficient (Wildman–Crippen LogP) is 2.89. The molecular weight excluding hydrogens is 420 g/mol. The number of Topliss-reactive ketones (excluding diaryl/α,β-unsaturated/α-hetero) is 1. The van der Waals surface area contributed by atoms with Crippen molar-refractivity contribution < 1.29 is 24.2 Å².